The highest BCUT2D eigenvalue weighted by Gasteiger charge is 2.11. The normalized spacial score (nSPS) is 12.5. The highest BCUT2D eigenvalue weighted by molar-refractivity contribution is 6.28. The van der Waals surface area contributed by atoms with Crippen LogP contribution in [-0.2, 0) is 0 Å². The summed E-state index contributed by atoms with van der Waals surface area (Å²) in [6.45, 7) is 6.79. The molecule has 7 heteroatoms. The average Bonchev–Trinajstić information content (AvgIpc) is 2.35. The van der Waals surface area contributed by atoms with Gasteiger partial charge in [-0.2, -0.15) is 15.0 Å². The predicted molar refractivity (Wildman–Crippen MR) is 79.2 cm³/mol. The molecule has 1 rings (SSSR count). The number of nitrogens with zero attached hydrogens (tertiary/aromatic N) is 3. The number of rotatable bonds is 9. The van der Waals surface area contributed by atoms with Gasteiger partial charge in [-0.05, 0) is 44.2 Å². The van der Waals surface area contributed by atoms with E-state index in [4.69, 9.17) is 21.4 Å². The van der Waals surface area contributed by atoms with Gasteiger partial charge < -0.3 is 15.2 Å². The molecule has 1 heterocycles. The Hall–Kier alpha value is -1.14. The Morgan fingerprint density at radius 2 is 2.00 bits per heavy atom. The summed E-state index contributed by atoms with van der Waals surface area (Å²) in [7, 11) is 0. The van der Waals surface area contributed by atoms with E-state index < -0.39 is 0 Å². The van der Waals surface area contributed by atoms with Crippen molar-refractivity contribution in [3.05, 3.63) is 5.28 Å². The second-order valence-corrected chi connectivity index (χ2v) is 5.26. The fourth-order valence-electron chi connectivity index (χ4n) is 1.85. The zero-order chi connectivity index (χ0) is 15.0. The summed E-state index contributed by atoms with van der Waals surface area (Å²) in [5.41, 5.74) is 0. The van der Waals surface area contributed by atoms with Gasteiger partial charge in [0, 0.05) is 13.2 Å². The number of aliphatic hydroxyl groups is 1. The smallest absolute Gasteiger partial charge is 0.322 e. The van der Waals surface area contributed by atoms with E-state index in [2.05, 4.69) is 27.2 Å². The van der Waals surface area contributed by atoms with Gasteiger partial charge in [-0.25, -0.2) is 0 Å². The van der Waals surface area contributed by atoms with E-state index >= 15 is 0 Å². The van der Waals surface area contributed by atoms with Gasteiger partial charge in [-0.1, -0.05) is 13.3 Å². The molecule has 1 aromatic heterocycles. The van der Waals surface area contributed by atoms with Gasteiger partial charge in [0.2, 0.25) is 11.2 Å². The van der Waals surface area contributed by atoms with Crippen molar-refractivity contribution in [3.8, 4) is 6.01 Å². The lowest BCUT2D eigenvalue weighted by Gasteiger charge is -2.16. The number of aromatic nitrogens is 3. The van der Waals surface area contributed by atoms with E-state index in [0.29, 0.717) is 18.4 Å². The summed E-state index contributed by atoms with van der Waals surface area (Å²) >= 11 is 5.85. The number of hydrogen-bond acceptors (Lipinski definition) is 6. The van der Waals surface area contributed by atoms with Crippen LogP contribution in [0.2, 0.25) is 5.28 Å². The van der Waals surface area contributed by atoms with Crippen LogP contribution >= 0.6 is 11.6 Å². The first-order valence-corrected chi connectivity index (χ1v) is 7.35. The molecule has 1 unspecified atom stereocenters. The van der Waals surface area contributed by atoms with Crippen LogP contribution in [0.3, 0.4) is 0 Å². The lowest BCUT2D eigenvalue weighted by molar-refractivity contribution is 0.221. The van der Waals surface area contributed by atoms with E-state index in [9.17, 15) is 0 Å². The van der Waals surface area contributed by atoms with Gasteiger partial charge >= 0.3 is 6.01 Å². The molecule has 114 valence electrons. The molecule has 0 saturated carbocycles. The molecule has 0 aliphatic rings. The van der Waals surface area contributed by atoms with Gasteiger partial charge in [-0.3, -0.25) is 0 Å². The van der Waals surface area contributed by atoms with Gasteiger partial charge in [0.1, 0.15) is 0 Å². The van der Waals surface area contributed by atoms with Crippen LogP contribution in [0, 0.1) is 5.92 Å². The monoisotopic (exact) mass is 302 g/mol. The predicted octanol–water partition coefficient (Wildman–Crippen LogP) is 2.52. The molecule has 0 aliphatic heterocycles. The molecular weight excluding hydrogens is 280 g/mol. The quantitative estimate of drug-likeness (QED) is 0.729. The number of nitrogens with one attached hydrogen (secondary N) is 1. The van der Waals surface area contributed by atoms with Crippen molar-refractivity contribution in [1.29, 1.82) is 0 Å². The first kappa shape index (κ1) is 16.9. The van der Waals surface area contributed by atoms with Crippen molar-refractivity contribution in [3.63, 3.8) is 0 Å². The van der Waals surface area contributed by atoms with Crippen LogP contribution < -0.4 is 10.1 Å². The third kappa shape index (κ3) is 6.34. The molecule has 0 spiro atoms. The van der Waals surface area contributed by atoms with Crippen molar-refractivity contribution < 1.29 is 9.84 Å². The lowest BCUT2D eigenvalue weighted by Crippen LogP contribution is -2.18. The molecule has 0 bridgehead atoms. The van der Waals surface area contributed by atoms with E-state index in [0.717, 1.165) is 19.3 Å². The van der Waals surface area contributed by atoms with E-state index in [-0.39, 0.29) is 24.0 Å². The van der Waals surface area contributed by atoms with Crippen LogP contribution in [0.25, 0.3) is 0 Å². The Morgan fingerprint density at radius 3 is 2.60 bits per heavy atom. The highest BCUT2D eigenvalue weighted by atomic mass is 35.5. The molecule has 1 atom stereocenters. The summed E-state index contributed by atoms with van der Waals surface area (Å²) in [6.07, 6.45) is 2.85. The Labute approximate surface area is 125 Å². The molecule has 0 amide bonds. The van der Waals surface area contributed by atoms with E-state index in [1.807, 2.05) is 13.8 Å². The minimum atomic E-state index is -0.0245. The minimum absolute atomic E-state index is 0.0245. The maximum atomic E-state index is 9.04. The first-order chi connectivity index (χ1) is 9.55. The molecule has 0 saturated heterocycles. The molecule has 2 N–H and O–H groups in total. The minimum Gasteiger partial charge on any atom is -0.461 e. The molecule has 0 aliphatic carbocycles. The van der Waals surface area contributed by atoms with Crippen molar-refractivity contribution in [2.75, 3.05) is 18.5 Å². The van der Waals surface area contributed by atoms with Crippen molar-refractivity contribution in [2.45, 2.75) is 46.1 Å². The Kier molecular flexibility index (Phi) is 7.54. The second-order valence-electron chi connectivity index (χ2n) is 4.93. The van der Waals surface area contributed by atoms with Gasteiger partial charge in [0.25, 0.3) is 0 Å². The zero-order valence-corrected chi connectivity index (χ0v) is 13.0. The molecule has 1 aromatic rings. The van der Waals surface area contributed by atoms with Crippen molar-refractivity contribution >= 4 is 17.5 Å². The molecule has 0 aromatic carbocycles. The average molecular weight is 303 g/mol. The number of hydrogen-bond donors (Lipinski definition) is 2. The molecular formula is C13H23ClN4O2. The van der Waals surface area contributed by atoms with Gasteiger partial charge in [0.05, 0.1) is 6.10 Å². The van der Waals surface area contributed by atoms with Crippen LogP contribution in [0.4, 0.5) is 5.95 Å². The summed E-state index contributed by atoms with van der Waals surface area (Å²) in [6, 6.07) is 0.219. The summed E-state index contributed by atoms with van der Waals surface area (Å²) in [5, 5.41) is 12.3. The summed E-state index contributed by atoms with van der Waals surface area (Å²) in [5.74, 6) is 0.787. The Bertz CT molecular complexity index is 398. The lowest BCUT2D eigenvalue weighted by atomic mass is 10.0. The van der Waals surface area contributed by atoms with Crippen molar-refractivity contribution in [2.24, 2.45) is 5.92 Å². The van der Waals surface area contributed by atoms with Gasteiger partial charge in [-0.15, -0.1) is 0 Å². The summed E-state index contributed by atoms with van der Waals surface area (Å²) in [4.78, 5) is 12.1. The van der Waals surface area contributed by atoms with Crippen LogP contribution in [0.5, 0.6) is 6.01 Å². The first-order valence-electron chi connectivity index (χ1n) is 6.98. The third-order valence-corrected chi connectivity index (χ3v) is 2.88. The van der Waals surface area contributed by atoms with Gasteiger partial charge in [0.15, 0.2) is 0 Å². The topological polar surface area (TPSA) is 80.2 Å². The number of anilines is 1. The number of aliphatic hydroxyl groups excluding tert-OH is 1. The summed E-state index contributed by atoms with van der Waals surface area (Å²) < 4.78 is 5.41. The maximum Gasteiger partial charge on any atom is 0.322 e. The largest absolute Gasteiger partial charge is 0.461 e. The molecule has 0 fully saturated rings. The third-order valence-electron chi connectivity index (χ3n) is 2.71. The van der Waals surface area contributed by atoms with E-state index in [1.165, 1.54) is 0 Å². The Balaban J connectivity index is 2.63. The second kappa shape index (κ2) is 8.92. The maximum absolute atomic E-state index is 9.04. The van der Waals surface area contributed by atoms with Crippen LogP contribution in [-0.4, -0.2) is 39.3 Å². The fourth-order valence-corrected chi connectivity index (χ4v) is 2.00. The highest BCUT2D eigenvalue weighted by Crippen LogP contribution is 2.15. The Morgan fingerprint density at radius 1 is 1.25 bits per heavy atom. The van der Waals surface area contributed by atoms with Crippen LogP contribution in [0.15, 0.2) is 0 Å². The SMILES string of the molecule is CCCC(CCO)CNc1nc(Cl)nc(OC(C)C)n1. The fraction of sp³-hybridized carbons (Fsp3) is 0.769. The van der Waals surface area contributed by atoms with E-state index in [1.54, 1.807) is 0 Å². The molecule has 6 nitrogen and oxygen atoms in total. The zero-order valence-electron chi connectivity index (χ0n) is 12.3. The number of halogens is 1. The number of ether oxygens (including phenoxy) is 1. The molecule has 20 heavy (non-hydrogen) atoms. The van der Waals surface area contributed by atoms with Crippen molar-refractivity contribution in [1.82, 2.24) is 15.0 Å². The standard InChI is InChI=1S/C13H23ClN4O2/c1-4-5-10(6-7-19)8-15-12-16-11(14)17-13(18-12)20-9(2)3/h9-10,19H,4-8H2,1-3H3,(H,15,16,17,18). The molecule has 0 radical (unpaired) electrons. The van der Waals surface area contributed by atoms with Crippen LogP contribution in [0.1, 0.15) is 40.0 Å².